The molecule has 2 rings (SSSR count). The molecule has 0 unspecified atom stereocenters. The van der Waals surface area contributed by atoms with Crippen LogP contribution in [0.5, 0.6) is 0 Å². The molecule has 0 aromatic heterocycles. The highest BCUT2D eigenvalue weighted by Gasteiger charge is 2.33. The maximum absolute atomic E-state index is 13.5. The first kappa shape index (κ1) is 27.3. The molecule has 34 heavy (non-hydrogen) atoms. The summed E-state index contributed by atoms with van der Waals surface area (Å²) in [7, 11) is -1.40. The fourth-order valence-corrected chi connectivity index (χ4v) is 4.22. The van der Waals surface area contributed by atoms with Gasteiger partial charge in [0.15, 0.2) is 0 Å². The third-order valence-corrected chi connectivity index (χ3v) is 6.81. The molecule has 0 bridgehead atoms. The molecule has 186 valence electrons. The van der Waals surface area contributed by atoms with Crippen LogP contribution in [0, 0.1) is 5.82 Å². The first-order valence-corrected chi connectivity index (χ1v) is 12.2. The molecule has 10 heteroatoms. The van der Waals surface area contributed by atoms with Crippen LogP contribution in [-0.4, -0.2) is 61.7 Å². The number of nitrogens with one attached hydrogen (secondary N) is 1. The minimum Gasteiger partial charge on any atom is -0.350 e. The summed E-state index contributed by atoms with van der Waals surface area (Å²) in [6.45, 7) is 6.65. The number of hydrogen-bond acceptors (Lipinski definition) is 4. The molecule has 0 aliphatic heterocycles. The largest absolute Gasteiger partial charge is 0.350 e. The summed E-state index contributed by atoms with van der Waals surface area (Å²) < 4.78 is 41.4. The molecular weight excluding hydrogens is 459 g/mol. The van der Waals surface area contributed by atoms with E-state index >= 15 is 0 Å². The van der Waals surface area contributed by atoms with Crippen LogP contribution >= 0.6 is 0 Å². The number of nitrogens with zero attached hydrogens (tertiary/aromatic N) is 3. The van der Waals surface area contributed by atoms with Crippen molar-refractivity contribution in [2.75, 3.05) is 24.9 Å². The summed E-state index contributed by atoms with van der Waals surface area (Å²) in [5.41, 5.74) is 0.409. The van der Waals surface area contributed by atoms with E-state index in [2.05, 4.69) is 5.32 Å². The summed E-state index contributed by atoms with van der Waals surface area (Å²) in [5.74, 6) is -1.47. The van der Waals surface area contributed by atoms with Gasteiger partial charge < -0.3 is 10.2 Å². The van der Waals surface area contributed by atoms with Gasteiger partial charge in [0.2, 0.25) is 11.8 Å². The van der Waals surface area contributed by atoms with Crippen molar-refractivity contribution in [3.05, 3.63) is 66.0 Å². The molecule has 0 saturated carbocycles. The Morgan fingerprint density at radius 3 is 2.06 bits per heavy atom. The second kappa shape index (κ2) is 11.0. The zero-order valence-corrected chi connectivity index (χ0v) is 21.3. The van der Waals surface area contributed by atoms with E-state index in [0.717, 1.165) is 26.3 Å². The Morgan fingerprint density at radius 2 is 1.56 bits per heavy atom. The number of rotatable bonds is 9. The second-order valence-corrected chi connectivity index (χ2v) is 11.3. The Labute approximate surface area is 201 Å². The van der Waals surface area contributed by atoms with E-state index < -0.39 is 40.1 Å². The fourth-order valence-electron chi connectivity index (χ4n) is 3.16. The van der Waals surface area contributed by atoms with E-state index in [1.807, 2.05) is 51.1 Å². The van der Waals surface area contributed by atoms with Crippen LogP contribution in [0.1, 0.15) is 33.3 Å². The summed E-state index contributed by atoms with van der Waals surface area (Å²) in [4.78, 5) is 27.8. The van der Waals surface area contributed by atoms with Crippen LogP contribution in [0.3, 0.4) is 0 Å². The topological polar surface area (TPSA) is 90.0 Å². The quantitative estimate of drug-likeness (QED) is 0.583. The number of anilines is 1. The van der Waals surface area contributed by atoms with E-state index in [-0.39, 0.29) is 18.1 Å². The van der Waals surface area contributed by atoms with Crippen molar-refractivity contribution >= 4 is 27.7 Å². The number of benzene rings is 2. The summed E-state index contributed by atoms with van der Waals surface area (Å²) in [6, 6.07) is 13.1. The lowest BCUT2D eigenvalue weighted by molar-refractivity contribution is -0.140. The van der Waals surface area contributed by atoms with Gasteiger partial charge in [-0.3, -0.25) is 9.59 Å². The van der Waals surface area contributed by atoms with Crippen molar-refractivity contribution in [1.82, 2.24) is 14.5 Å². The number of halogens is 1. The predicted molar refractivity (Wildman–Crippen MR) is 131 cm³/mol. The van der Waals surface area contributed by atoms with Crippen molar-refractivity contribution in [2.24, 2.45) is 0 Å². The van der Waals surface area contributed by atoms with Crippen LogP contribution in [-0.2, 0) is 26.3 Å². The molecule has 0 aliphatic rings. The number of carbonyl (C=O) groups excluding carboxylic acids is 2. The lowest BCUT2D eigenvalue weighted by Crippen LogP contribution is -2.54. The predicted octanol–water partition coefficient (Wildman–Crippen LogP) is 2.77. The molecular formula is C24H33FN4O4S. The number of amides is 2. The van der Waals surface area contributed by atoms with Crippen molar-refractivity contribution in [3.63, 3.8) is 0 Å². The van der Waals surface area contributed by atoms with Crippen LogP contribution in [0.25, 0.3) is 0 Å². The molecule has 0 aliphatic carbocycles. The summed E-state index contributed by atoms with van der Waals surface area (Å²) in [6.07, 6.45) is 0. The van der Waals surface area contributed by atoms with Crippen LogP contribution in [0.2, 0.25) is 0 Å². The highest BCUT2D eigenvalue weighted by atomic mass is 32.2. The summed E-state index contributed by atoms with van der Waals surface area (Å²) in [5, 5.41) is 2.87. The highest BCUT2D eigenvalue weighted by Crippen LogP contribution is 2.21. The fraction of sp³-hybridized carbons (Fsp3) is 0.417. The number of carbonyl (C=O) groups is 2. The minimum atomic E-state index is -4.08. The first-order valence-electron chi connectivity index (χ1n) is 10.8. The van der Waals surface area contributed by atoms with E-state index in [1.54, 1.807) is 6.92 Å². The van der Waals surface area contributed by atoms with Gasteiger partial charge >= 0.3 is 10.2 Å². The van der Waals surface area contributed by atoms with E-state index in [1.165, 1.54) is 31.1 Å². The van der Waals surface area contributed by atoms with Crippen molar-refractivity contribution in [3.8, 4) is 0 Å². The van der Waals surface area contributed by atoms with Gasteiger partial charge in [0.1, 0.15) is 18.4 Å². The highest BCUT2D eigenvalue weighted by molar-refractivity contribution is 7.90. The Hall–Kier alpha value is -2.98. The molecule has 2 aromatic carbocycles. The van der Waals surface area contributed by atoms with Crippen molar-refractivity contribution in [2.45, 2.75) is 45.8 Å². The normalized spacial score (nSPS) is 12.8. The van der Waals surface area contributed by atoms with Gasteiger partial charge in [0.05, 0.1) is 5.69 Å². The maximum atomic E-state index is 13.5. The van der Waals surface area contributed by atoms with Gasteiger partial charge in [-0.25, -0.2) is 8.70 Å². The third kappa shape index (κ3) is 7.26. The Bertz CT molecular complexity index is 1080. The average molecular weight is 493 g/mol. The molecule has 0 fully saturated rings. The molecule has 0 saturated heterocycles. The Morgan fingerprint density at radius 1 is 1.00 bits per heavy atom. The SMILES string of the molecule is C[C@H](C(=O)NC(C)(C)C)N(Cc1ccccc1)C(=O)CN(c1ccc(F)cc1)S(=O)(=O)N(C)C. The Balaban J connectivity index is 2.43. The third-order valence-electron chi connectivity index (χ3n) is 4.99. The van der Waals surface area contributed by atoms with E-state index in [9.17, 15) is 22.4 Å². The van der Waals surface area contributed by atoms with E-state index in [0.29, 0.717) is 0 Å². The standard InChI is InChI=1S/C24H33FN4O4S/c1-18(23(31)26-24(2,3)4)28(16-19-10-8-7-9-11-19)22(30)17-29(34(32,33)27(5)6)21-14-12-20(25)13-15-21/h7-15,18H,16-17H2,1-6H3,(H,26,31)/t18-/m1/s1. The lowest BCUT2D eigenvalue weighted by Gasteiger charge is -2.34. The molecule has 1 N–H and O–H groups in total. The zero-order chi connectivity index (χ0) is 25.7. The van der Waals surface area contributed by atoms with Gasteiger partial charge in [-0.05, 0) is 57.5 Å². The van der Waals surface area contributed by atoms with Gasteiger partial charge in [-0.1, -0.05) is 30.3 Å². The second-order valence-electron chi connectivity index (χ2n) is 9.20. The van der Waals surface area contributed by atoms with Crippen molar-refractivity contribution in [1.29, 1.82) is 0 Å². The van der Waals surface area contributed by atoms with Crippen LogP contribution in [0.4, 0.5) is 10.1 Å². The van der Waals surface area contributed by atoms with Gasteiger partial charge in [-0.2, -0.15) is 12.7 Å². The smallest absolute Gasteiger partial charge is 0.304 e. The molecule has 0 heterocycles. The van der Waals surface area contributed by atoms with Gasteiger partial charge in [-0.15, -0.1) is 0 Å². The Kier molecular flexibility index (Phi) is 8.79. The van der Waals surface area contributed by atoms with E-state index in [4.69, 9.17) is 0 Å². The van der Waals surface area contributed by atoms with Crippen molar-refractivity contribution < 1.29 is 22.4 Å². The number of hydrogen-bond donors (Lipinski definition) is 1. The molecule has 2 aromatic rings. The monoisotopic (exact) mass is 492 g/mol. The molecule has 0 spiro atoms. The minimum absolute atomic E-state index is 0.109. The maximum Gasteiger partial charge on any atom is 0.304 e. The van der Waals surface area contributed by atoms with Gasteiger partial charge in [0.25, 0.3) is 0 Å². The molecule has 0 radical (unpaired) electrons. The van der Waals surface area contributed by atoms with Gasteiger partial charge in [0, 0.05) is 26.2 Å². The zero-order valence-electron chi connectivity index (χ0n) is 20.4. The van der Waals surface area contributed by atoms with Crippen LogP contribution < -0.4 is 9.62 Å². The lowest BCUT2D eigenvalue weighted by atomic mass is 10.1. The molecule has 8 nitrogen and oxygen atoms in total. The first-order chi connectivity index (χ1) is 15.7. The molecule has 1 atom stereocenters. The van der Waals surface area contributed by atoms with Crippen LogP contribution in [0.15, 0.2) is 54.6 Å². The average Bonchev–Trinajstić information content (AvgIpc) is 2.75. The molecule has 2 amide bonds. The summed E-state index contributed by atoms with van der Waals surface area (Å²) >= 11 is 0.